The van der Waals surface area contributed by atoms with Crippen LogP contribution in [0.4, 0.5) is 0 Å². The smallest absolute Gasteiger partial charge is 0.301 e. The lowest BCUT2D eigenvalue weighted by atomic mass is 9.85. The van der Waals surface area contributed by atoms with Crippen LogP contribution in [-0.2, 0) is 14.2 Å². The number of hydrogen-bond donors (Lipinski definition) is 1. The van der Waals surface area contributed by atoms with Crippen molar-refractivity contribution in [2.45, 2.75) is 52.0 Å². The van der Waals surface area contributed by atoms with Crippen molar-refractivity contribution in [3.63, 3.8) is 0 Å². The molecule has 5 nitrogen and oxygen atoms in total. The lowest BCUT2D eigenvalue weighted by Crippen LogP contribution is -2.50. The number of aliphatic hydroxyl groups excluding tert-OH is 1. The average molecular weight is 331 g/mol. The maximum Gasteiger partial charge on any atom is 0.301 e. The Morgan fingerprint density at radius 3 is 2.45 bits per heavy atom. The Balaban J connectivity index is 2.27. The first kappa shape index (κ1) is 20.1. The van der Waals surface area contributed by atoms with Gasteiger partial charge in [-0.2, -0.15) is 0 Å². The molecule has 0 aromatic heterocycles. The van der Waals surface area contributed by atoms with Crippen molar-refractivity contribution < 1.29 is 19.3 Å². The van der Waals surface area contributed by atoms with E-state index < -0.39 is 8.07 Å². The second kappa shape index (κ2) is 10.1. The molecule has 1 heterocycles. The van der Waals surface area contributed by atoms with E-state index in [1.807, 2.05) is 11.9 Å². The summed E-state index contributed by atoms with van der Waals surface area (Å²) in [6.07, 6.45) is 0.636. The molecule has 1 aliphatic rings. The lowest BCUT2D eigenvalue weighted by molar-refractivity contribution is -0.163. The van der Waals surface area contributed by atoms with Crippen LogP contribution in [0.1, 0.15) is 13.3 Å². The molecule has 0 amide bonds. The molecule has 22 heavy (non-hydrogen) atoms. The van der Waals surface area contributed by atoms with E-state index in [0.717, 1.165) is 32.2 Å². The van der Waals surface area contributed by atoms with E-state index in [1.54, 1.807) is 0 Å². The van der Waals surface area contributed by atoms with Crippen LogP contribution in [0, 0.1) is 11.8 Å². The fraction of sp³-hybridized carbons (Fsp3) is 1.00. The number of hydrogen-bond acceptors (Lipinski definition) is 5. The highest BCUT2D eigenvalue weighted by atomic mass is 28.3. The summed E-state index contributed by atoms with van der Waals surface area (Å²) in [5.41, 5.74) is 0. The molecule has 1 fully saturated rings. The monoisotopic (exact) mass is 331 g/mol. The first-order valence-electron chi connectivity index (χ1n) is 8.58. The van der Waals surface area contributed by atoms with E-state index >= 15 is 0 Å². The standard InChI is InChI=1S/C15H34BNO4Si/c1-6-13-9-17(21-16-2)10-14(15(13)18)11-20-12-19-7-8-22(3,4)5/h13-16,18H,6-12H2,1-5H3/t13-,14+,15-/m0/s1. The zero-order valence-electron chi connectivity index (χ0n) is 15.0. The number of piperidine rings is 1. The summed E-state index contributed by atoms with van der Waals surface area (Å²) >= 11 is 0. The van der Waals surface area contributed by atoms with Gasteiger partial charge in [0.05, 0.1) is 12.7 Å². The van der Waals surface area contributed by atoms with Crippen LogP contribution < -0.4 is 0 Å². The van der Waals surface area contributed by atoms with Crippen molar-refractivity contribution in [2.24, 2.45) is 11.8 Å². The second-order valence-corrected chi connectivity index (χ2v) is 13.0. The molecule has 0 aromatic carbocycles. The maximum atomic E-state index is 10.4. The third kappa shape index (κ3) is 7.57. The van der Waals surface area contributed by atoms with E-state index in [2.05, 4.69) is 26.6 Å². The van der Waals surface area contributed by atoms with Crippen LogP contribution in [-0.4, -0.2) is 64.9 Å². The van der Waals surface area contributed by atoms with Gasteiger partial charge in [-0.1, -0.05) is 33.4 Å². The molecule has 1 saturated heterocycles. The van der Waals surface area contributed by atoms with Crippen LogP contribution in [0.5, 0.6) is 0 Å². The Morgan fingerprint density at radius 2 is 1.86 bits per heavy atom. The number of ether oxygens (including phenoxy) is 2. The van der Waals surface area contributed by atoms with Crippen molar-refractivity contribution in [1.29, 1.82) is 0 Å². The fourth-order valence-corrected chi connectivity index (χ4v) is 3.46. The average Bonchev–Trinajstić information content (AvgIpc) is 2.44. The van der Waals surface area contributed by atoms with Gasteiger partial charge in [0.1, 0.15) is 6.79 Å². The molecule has 0 aliphatic carbocycles. The van der Waals surface area contributed by atoms with Gasteiger partial charge < -0.3 is 19.3 Å². The lowest BCUT2D eigenvalue weighted by Gasteiger charge is -2.40. The fourth-order valence-electron chi connectivity index (χ4n) is 2.70. The minimum Gasteiger partial charge on any atom is -0.392 e. The highest BCUT2D eigenvalue weighted by molar-refractivity contribution is 6.76. The second-order valence-electron chi connectivity index (χ2n) is 7.39. The number of nitrogens with zero attached hydrogens (tertiary/aromatic N) is 1. The minimum atomic E-state index is -1.04. The molecule has 1 aliphatic heterocycles. The van der Waals surface area contributed by atoms with Crippen LogP contribution >= 0.6 is 0 Å². The number of aliphatic hydroxyl groups is 1. The van der Waals surface area contributed by atoms with E-state index in [1.165, 1.54) is 0 Å². The topological polar surface area (TPSA) is 51.2 Å². The van der Waals surface area contributed by atoms with Crippen LogP contribution in [0.15, 0.2) is 0 Å². The van der Waals surface area contributed by atoms with Gasteiger partial charge >= 0.3 is 7.48 Å². The summed E-state index contributed by atoms with van der Waals surface area (Å²) in [4.78, 5) is 0. The summed E-state index contributed by atoms with van der Waals surface area (Å²) in [7, 11) is -0.370. The zero-order valence-corrected chi connectivity index (χ0v) is 16.0. The third-order valence-electron chi connectivity index (χ3n) is 4.17. The third-order valence-corrected chi connectivity index (χ3v) is 5.88. The van der Waals surface area contributed by atoms with Gasteiger partial charge in [0.2, 0.25) is 0 Å². The summed E-state index contributed by atoms with van der Waals surface area (Å²) in [5.74, 6) is 0.340. The predicted molar refractivity (Wildman–Crippen MR) is 93.9 cm³/mol. The quantitative estimate of drug-likeness (QED) is 0.377. The number of hydroxylamine groups is 2. The van der Waals surface area contributed by atoms with Gasteiger partial charge in [-0.25, -0.2) is 5.06 Å². The van der Waals surface area contributed by atoms with Crippen molar-refractivity contribution in [3.05, 3.63) is 0 Å². The van der Waals surface area contributed by atoms with Crippen molar-refractivity contribution >= 4 is 15.6 Å². The molecule has 0 saturated carbocycles. The van der Waals surface area contributed by atoms with Gasteiger partial charge in [-0.05, 0) is 18.4 Å². The zero-order chi connectivity index (χ0) is 16.6. The molecule has 1 N–H and O–H groups in total. The number of rotatable bonds is 10. The van der Waals surface area contributed by atoms with E-state index in [9.17, 15) is 5.11 Å². The SMILES string of the molecule is CBON1C[C@H](CC)[C@H](O)[C@@H](COCOCC[Si](C)(C)C)C1. The van der Waals surface area contributed by atoms with E-state index in [-0.39, 0.29) is 17.9 Å². The van der Waals surface area contributed by atoms with E-state index in [4.69, 9.17) is 14.2 Å². The Hall–Kier alpha value is 0.0818. The van der Waals surface area contributed by atoms with Crippen molar-refractivity contribution in [2.75, 3.05) is 33.1 Å². The van der Waals surface area contributed by atoms with Crippen molar-refractivity contribution in [3.8, 4) is 0 Å². The molecule has 0 bridgehead atoms. The highest BCUT2D eigenvalue weighted by Crippen LogP contribution is 2.25. The molecule has 1 rings (SSSR count). The molecule has 7 heteroatoms. The first-order valence-corrected chi connectivity index (χ1v) is 12.3. The largest absolute Gasteiger partial charge is 0.392 e. The van der Waals surface area contributed by atoms with Gasteiger partial charge in [0, 0.05) is 33.7 Å². The molecule has 0 spiro atoms. The Morgan fingerprint density at radius 1 is 1.18 bits per heavy atom. The molecule has 130 valence electrons. The van der Waals surface area contributed by atoms with Crippen LogP contribution in [0.25, 0.3) is 0 Å². The van der Waals surface area contributed by atoms with Crippen molar-refractivity contribution in [1.82, 2.24) is 5.06 Å². The Labute approximate surface area is 137 Å². The summed E-state index contributed by atoms with van der Waals surface area (Å²) in [6.45, 7) is 14.2. The van der Waals surface area contributed by atoms with Gasteiger partial charge in [-0.3, -0.25) is 0 Å². The molecule has 0 unspecified atom stereocenters. The maximum absolute atomic E-state index is 10.4. The highest BCUT2D eigenvalue weighted by Gasteiger charge is 2.35. The Kier molecular flexibility index (Phi) is 9.20. The van der Waals surface area contributed by atoms with Crippen LogP contribution in [0.2, 0.25) is 32.5 Å². The predicted octanol–water partition coefficient (Wildman–Crippen LogP) is 1.97. The van der Waals surface area contributed by atoms with Gasteiger partial charge in [-0.15, -0.1) is 0 Å². The summed E-state index contributed by atoms with van der Waals surface area (Å²) in [6, 6.07) is 1.15. The molecule has 3 atom stereocenters. The van der Waals surface area contributed by atoms with Gasteiger partial charge in [0.25, 0.3) is 0 Å². The van der Waals surface area contributed by atoms with E-state index in [0.29, 0.717) is 20.9 Å². The first-order chi connectivity index (χ1) is 10.4. The Bertz CT molecular complexity index is 304. The van der Waals surface area contributed by atoms with Crippen LogP contribution in [0.3, 0.4) is 0 Å². The summed E-state index contributed by atoms with van der Waals surface area (Å²) in [5, 5.41) is 12.4. The normalized spacial score (nSPS) is 27.1. The molecular formula is C15H34BNO4Si. The molecule has 0 aromatic rings. The molecular weight excluding hydrogens is 297 g/mol. The summed E-state index contributed by atoms with van der Waals surface area (Å²) < 4.78 is 16.8. The van der Waals surface area contributed by atoms with Gasteiger partial charge in [0.15, 0.2) is 0 Å². The minimum absolute atomic E-state index is 0.0887. The molecule has 0 radical (unpaired) electrons.